The van der Waals surface area contributed by atoms with Crippen molar-refractivity contribution in [3.05, 3.63) is 88.5 Å². The number of rotatable bonds is 8. The maximum atomic E-state index is 12.4. The quantitative estimate of drug-likeness (QED) is 0.240. The Labute approximate surface area is 193 Å². The molecule has 0 aromatic heterocycles. The molecule has 0 saturated carbocycles. The highest BCUT2D eigenvalue weighted by molar-refractivity contribution is 5.91. The van der Waals surface area contributed by atoms with E-state index < -0.39 is 5.97 Å². The molecule has 0 aliphatic rings. The van der Waals surface area contributed by atoms with Crippen molar-refractivity contribution in [2.75, 3.05) is 13.7 Å². The number of benzene rings is 3. The average Bonchev–Trinajstić information content (AvgIpc) is 2.80. The highest BCUT2D eigenvalue weighted by Crippen LogP contribution is 2.28. The fraction of sp³-hybridized carbons (Fsp3) is 0.192. The third-order valence-corrected chi connectivity index (χ3v) is 4.84. The number of methoxy groups -OCH3 is 1. The Hall–Kier alpha value is -4.13. The number of nitrogens with zero attached hydrogens (tertiary/aromatic N) is 1. The van der Waals surface area contributed by atoms with Crippen LogP contribution in [0.3, 0.4) is 0 Å². The number of esters is 1. The molecule has 0 saturated heterocycles. The molecule has 7 heteroatoms. The summed E-state index contributed by atoms with van der Waals surface area (Å²) in [4.78, 5) is 24.4. The first-order valence-electron chi connectivity index (χ1n) is 10.3. The van der Waals surface area contributed by atoms with Crippen LogP contribution in [-0.2, 0) is 4.79 Å². The third-order valence-electron chi connectivity index (χ3n) is 4.84. The lowest BCUT2D eigenvalue weighted by Gasteiger charge is -2.11. The summed E-state index contributed by atoms with van der Waals surface area (Å²) in [5.41, 5.74) is 6.50. The normalized spacial score (nSPS) is 10.7. The molecule has 0 bridgehead atoms. The molecule has 170 valence electrons. The van der Waals surface area contributed by atoms with E-state index >= 15 is 0 Å². The number of aryl methyl sites for hydroxylation is 3. The summed E-state index contributed by atoms with van der Waals surface area (Å²) in [7, 11) is 1.48. The van der Waals surface area contributed by atoms with Gasteiger partial charge in [0, 0.05) is 0 Å². The number of nitrogens with one attached hydrogen (secondary N) is 1. The second-order valence-electron chi connectivity index (χ2n) is 7.47. The number of hydrogen-bond acceptors (Lipinski definition) is 6. The molecule has 0 atom stereocenters. The van der Waals surface area contributed by atoms with Crippen LogP contribution in [0.25, 0.3) is 0 Å². The molecule has 3 rings (SSSR count). The van der Waals surface area contributed by atoms with E-state index in [9.17, 15) is 9.59 Å². The van der Waals surface area contributed by atoms with Crippen LogP contribution >= 0.6 is 0 Å². The Kier molecular flexibility index (Phi) is 7.81. The zero-order valence-electron chi connectivity index (χ0n) is 19.0. The molecule has 1 amide bonds. The zero-order chi connectivity index (χ0) is 23.8. The molecule has 0 fully saturated rings. The Morgan fingerprint density at radius 2 is 1.64 bits per heavy atom. The molecule has 0 radical (unpaired) electrons. The summed E-state index contributed by atoms with van der Waals surface area (Å²) in [6.07, 6.45) is 1.46. The van der Waals surface area contributed by atoms with Gasteiger partial charge in [-0.05, 0) is 67.8 Å². The first-order chi connectivity index (χ1) is 15.9. The predicted octanol–water partition coefficient (Wildman–Crippen LogP) is 4.37. The van der Waals surface area contributed by atoms with Gasteiger partial charge in [0.25, 0.3) is 5.91 Å². The van der Waals surface area contributed by atoms with Gasteiger partial charge in [-0.15, -0.1) is 0 Å². The molecule has 33 heavy (non-hydrogen) atoms. The standard InChI is InChI=1S/C26H26N2O5/c1-17-8-11-21(12-9-17)26(30)33-22-13-10-20(14-23(22)31-4)15-27-28-24(29)16-32-25-18(2)6-5-7-19(25)3/h5-15H,16H2,1-4H3,(H,28,29)/b27-15-. The van der Waals surface area contributed by atoms with E-state index in [0.29, 0.717) is 22.6 Å². The van der Waals surface area contributed by atoms with Gasteiger partial charge >= 0.3 is 5.97 Å². The number of hydrogen-bond donors (Lipinski definition) is 1. The van der Waals surface area contributed by atoms with Crippen LogP contribution in [0.2, 0.25) is 0 Å². The summed E-state index contributed by atoms with van der Waals surface area (Å²) >= 11 is 0. The summed E-state index contributed by atoms with van der Waals surface area (Å²) in [5, 5.41) is 3.95. The summed E-state index contributed by atoms with van der Waals surface area (Å²) in [5.74, 6) is 0.475. The fourth-order valence-electron chi connectivity index (χ4n) is 3.07. The molecular formula is C26H26N2O5. The molecule has 3 aromatic carbocycles. The fourth-order valence-corrected chi connectivity index (χ4v) is 3.07. The Balaban J connectivity index is 1.58. The summed E-state index contributed by atoms with van der Waals surface area (Å²) in [6, 6.07) is 17.8. The molecule has 0 spiro atoms. The van der Waals surface area contributed by atoms with E-state index in [2.05, 4.69) is 10.5 Å². The van der Waals surface area contributed by atoms with E-state index in [1.54, 1.807) is 30.3 Å². The van der Waals surface area contributed by atoms with Gasteiger partial charge < -0.3 is 14.2 Å². The van der Waals surface area contributed by atoms with Crippen LogP contribution in [0.1, 0.15) is 32.6 Å². The van der Waals surface area contributed by atoms with Crippen molar-refractivity contribution in [3.63, 3.8) is 0 Å². The Bertz CT molecular complexity index is 1150. The minimum atomic E-state index is -0.481. The topological polar surface area (TPSA) is 86.2 Å². The maximum absolute atomic E-state index is 12.4. The van der Waals surface area contributed by atoms with E-state index in [4.69, 9.17) is 14.2 Å². The van der Waals surface area contributed by atoms with Crippen molar-refractivity contribution in [3.8, 4) is 17.2 Å². The van der Waals surface area contributed by atoms with Gasteiger partial charge in [0.2, 0.25) is 0 Å². The predicted molar refractivity (Wildman–Crippen MR) is 126 cm³/mol. The lowest BCUT2D eigenvalue weighted by atomic mass is 10.1. The van der Waals surface area contributed by atoms with Gasteiger partial charge in [-0.2, -0.15) is 5.10 Å². The molecule has 0 unspecified atom stereocenters. The lowest BCUT2D eigenvalue weighted by Crippen LogP contribution is -2.25. The van der Waals surface area contributed by atoms with Crippen molar-refractivity contribution in [1.29, 1.82) is 0 Å². The third kappa shape index (κ3) is 6.43. The lowest BCUT2D eigenvalue weighted by molar-refractivity contribution is -0.123. The van der Waals surface area contributed by atoms with Crippen LogP contribution in [0, 0.1) is 20.8 Å². The number of hydrazone groups is 1. The van der Waals surface area contributed by atoms with Crippen LogP contribution in [-0.4, -0.2) is 31.8 Å². The van der Waals surface area contributed by atoms with E-state index in [1.807, 2.05) is 51.1 Å². The summed E-state index contributed by atoms with van der Waals surface area (Å²) < 4.78 is 16.4. The van der Waals surface area contributed by atoms with Crippen molar-refractivity contribution in [1.82, 2.24) is 5.43 Å². The number of ether oxygens (including phenoxy) is 3. The highest BCUT2D eigenvalue weighted by atomic mass is 16.6. The first kappa shape index (κ1) is 23.5. The van der Waals surface area contributed by atoms with E-state index in [1.165, 1.54) is 13.3 Å². The molecule has 7 nitrogen and oxygen atoms in total. The molecule has 0 aliphatic heterocycles. The van der Waals surface area contributed by atoms with Crippen LogP contribution in [0.4, 0.5) is 0 Å². The number of amides is 1. The van der Waals surface area contributed by atoms with Crippen molar-refractivity contribution < 1.29 is 23.8 Å². The molecule has 0 aliphatic carbocycles. The highest BCUT2D eigenvalue weighted by Gasteiger charge is 2.13. The maximum Gasteiger partial charge on any atom is 0.343 e. The van der Waals surface area contributed by atoms with Gasteiger partial charge in [-0.1, -0.05) is 35.9 Å². The van der Waals surface area contributed by atoms with Gasteiger partial charge in [0.1, 0.15) is 5.75 Å². The second-order valence-corrected chi connectivity index (χ2v) is 7.47. The number of para-hydroxylation sites is 1. The first-order valence-corrected chi connectivity index (χ1v) is 10.3. The van der Waals surface area contributed by atoms with Crippen LogP contribution in [0.5, 0.6) is 17.2 Å². The monoisotopic (exact) mass is 446 g/mol. The van der Waals surface area contributed by atoms with Gasteiger partial charge in [0.05, 0.1) is 18.9 Å². The number of carbonyl (C=O) groups is 2. The Morgan fingerprint density at radius 1 is 0.939 bits per heavy atom. The average molecular weight is 447 g/mol. The molecule has 0 heterocycles. The minimum Gasteiger partial charge on any atom is -0.493 e. The van der Waals surface area contributed by atoms with Crippen LogP contribution in [0.15, 0.2) is 65.8 Å². The van der Waals surface area contributed by atoms with E-state index in [-0.39, 0.29) is 18.3 Å². The van der Waals surface area contributed by atoms with Gasteiger partial charge in [-0.25, -0.2) is 10.2 Å². The van der Waals surface area contributed by atoms with Gasteiger partial charge in [0.15, 0.2) is 18.1 Å². The SMILES string of the molecule is COc1cc(/C=N\NC(=O)COc2c(C)cccc2C)ccc1OC(=O)c1ccc(C)cc1. The van der Waals surface area contributed by atoms with Crippen molar-refractivity contribution >= 4 is 18.1 Å². The smallest absolute Gasteiger partial charge is 0.343 e. The van der Waals surface area contributed by atoms with Crippen LogP contribution < -0.4 is 19.6 Å². The molecule has 3 aromatic rings. The van der Waals surface area contributed by atoms with E-state index in [0.717, 1.165) is 16.7 Å². The summed E-state index contributed by atoms with van der Waals surface area (Å²) in [6.45, 7) is 5.64. The van der Waals surface area contributed by atoms with Gasteiger partial charge in [-0.3, -0.25) is 4.79 Å². The minimum absolute atomic E-state index is 0.153. The largest absolute Gasteiger partial charge is 0.493 e. The van der Waals surface area contributed by atoms with Crippen molar-refractivity contribution in [2.45, 2.75) is 20.8 Å². The number of carbonyl (C=O) groups excluding carboxylic acids is 2. The van der Waals surface area contributed by atoms with Crippen molar-refractivity contribution in [2.24, 2.45) is 5.10 Å². The molecule has 1 N–H and O–H groups in total. The zero-order valence-corrected chi connectivity index (χ0v) is 19.0. The second kappa shape index (κ2) is 10.9. The molecular weight excluding hydrogens is 420 g/mol. The Morgan fingerprint density at radius 3 is 2.30 bits per heavy atom.